The number of hydrogen-bond donors (Lipinski definition) is 0. The lowest BCUT2D eigenvalue weighted by molar-refractivity contribution is 0.231. The first-order valence-corrected chi connectivity index (χ1v) is 8.62. The van der Waals surface area contributed by atoms with Crippen LogP contribution in [0.1, 0.15) is 54.6 Å². The van der Waals surface area contributed by atoms with Gasteiger partial charge >= 0.3 is 0 Å². The minimum absolute atomic E-state index is 0.491. The van der Waals surface area contributed by atoms with Gasteiger partial charge in [0, 0.05) is 38.2 Å². The van der Waals surface area contributed by atoms with Crippen LogP contribution in [0.3, 0.4) is 0 Å². The molecule has 0 spiro atoms. The Bertz CT molecular complexity index is 667. The number of aryl methyl sites for hydroxylation is 2. The van der Waals surface area contributed by atoms with Crippen molar-refractivity contribution in [3.05, 3.63) is 41.2 Å². The van der Waals surface area contributed by atoms with Gasteiger partial charge in [0.2, 0.25) is 0 Å². The lowest BCUT2D eigenvalue weighted by atomic mass is 10.0. The van der Waals surface area contributed by atoms with Crippen LogP contribution in [0.2, 0.25) is 0 Å². The van der Waals surface area contributed by atoms with Gasteiger partial charge in [0.25, 0.3) is 0 Å². The number of rotatable bonds is 3. The maximum atomic E-state index is 5.05. The van der Waals surface area contributed by atoms with E-state index in [1.165, 1.54) is 68.0 Å². The molecule has 1 fully saturated rings. The van der Waals surface area contributed by atoms with E-state index in [0.29, 0.717) is 6.04 Å². The van der Waals surface area contributed by atoms with Gasteiger partial charge in [-0.25, -0.2) is 4.98 Å². The minimum atomic E-state index is 0.491. The molecule has 0 saturated carbocycles. The summed E-state index contributed by atoms with van der Waals surface area (Å²) in [5.74, 6) is 1.30. The van der Waals surface area contributed by atoms with Crippen molar-refractivity contribution < 1.29 is 0 Å². The standard InChI is InChI=1S/C18H26N4/c1-20-11-5-7-14(20)13-22-12-6-10-17(22)18-19-15-8-3-4-9-16(15)21(18)2/h5,7,11,17H,3-4,6,8-10,12-13H2,1-2H3/t17-/m1/s1. The molecule has 0 unspecified atom stereocenters. The molecule has 0 bridgehead atoms. The van der Waals surface area contributed by atoms with Crippen molar-refractivity contribution in [2.75, 3.05) is 6.54 Å². The molecule has 1 atom stereocenters. The molecule has 4 heteroatoms. The van der Waals surface area contributed by atoms with Gasteiger partial charge in [0.1, 0.15) is 5.82 Å². The Labute approximate surface area is 132 Å². The van der Waals surface area contributed by atoms with Gasteiger partial charge in [-0.15, -0.1) is 0 Å². The molecule has 1 aliphatic heterocycles. The Balaban J connectivity index is 1.61. The van der Waals surface area contributed by atoms with E-state index >= 15 is 0 Å². The van der Waals surface area contributed by atoms with Gasteiger partial charge in [0.15, 0.2) is 0 Å². The second kappa shape index (κ2) is 5.58. The molecule has 0 aromatic carbocycles. The summed E-state index contributed by atoms with van der Waals surface area (Å²) in [7, 11) is 4.37. The van der Waals surface area contributed by atoms with E-state index in [9.17, 15) is 0 Å². The van der Waals surface area contributed by atoms with Crippen LogP contribution in [0.25, 0.3) is 0 Å². The lowest BCUT2D eigenvalue weighted by Crippen LogP contribution is -2.26. The zero-order valence-electron chi connectivity index (χ0n) is 13.8. The summed E-state index contributed by atoms with van der Waals surface area (Å²) >= 11 is 0. The third-order valence-corrected chi connectivity index (χ3v) is 5.49. The second-order valence-corrected chi connectivity index (χ2v) is 6.87. The van der Waals surface area contributed by atoms with E-state index in [-0.39, 0.29) is 0 Å². The second-order valence-electron chi connectivity index (χ2n) is 6.87. The van der Waals surface area contributed by atoms with Gasteiger partial charge in [-0.05, 0) is 57.2 Å². The van der Waals surface area contributed by atoms with Crippen LogP contribution in [-0.4, -0.2) is 25.6 Å². The largest absolute Gasteiger partial charge is 0.353 e. The molecule has 1 aliphatic carbocycles. The smallest absolute Gasteiger partial charge is 0.126 e. The minimum Gasteiger partial charge on any atom is -0.353 e. The first-order valence-electron chi connectivity index (χ1n) is 8.62. The van der Waals surface area contributed by atoms with Crippen LogP contribution in [0.4, 0.5) is 0 Å². The van der Waals surface area contributed by atoms with Gasteiger partial charge < -0.3 is 9.13 Å². The SMILES string of the molecule is Cn1cccc1CN1CCC[C@@H]1c1nc2c(n1C)CCCC2. The number of aromatic nitrogens is 3. The van der Waals surface area contributed by atoms with Crippen molar-refractivity contribution in [3.8, 4) is 0 Å². The van der Waals surface area contributed by atoms with Crippen LogP contribution >= 0.6 is 0 Å². The van der Waals surface area contributed by atoms with Crippen LogP contribution in [0, 0.1) is 0 Å². The predicted octanol–water partition coefficient (Wildman–Crippen LogP) is 2.97. The van der Waals surface area contributed by atoms with E-state index < -0.39 is 0 Å². The third kappa shape index (κ3) is 2.30. The fourth-order valence-corrected chi connectivity index (χ4v) is 4.18. The number of nitrogens with zero attached hydrogens (tertiary/aromatic N) is 4. The van der Waals surface area contributed by atoms with Gasteiger partial charge in [-0.1, -0.05) is 0 Å². The van der Waals surface area contributed by atoms with E-state index in [1.54, 1.807) is 0 Å². The Morgan fingerprint density at radius 1 is 1.18 bits per heavy atom. The van der Waals surface area contributed by atoms with E-state index in [2.05, 4.69) is 46.5 Å². The van der Waals surface area contributed by atoms with Crippen LogP contribution in [-0.2, 0) is 33.5 Å². The molecule has 118 valence electrons. The van der Waals surface area contributed by atoms with Crippen molar-refractivity contribution >= 4 is 0 Å². The normalized spacial score (nSPS) is 22.2. The van der Waals surface area contributed by atoms with Gasteiger partial charge in [-0.2, -0.15) is 0 Å². The van der Waals surface area contributed by atoms with Crippen molar-refractivity contribution in [2.45, 2.75) is 51.1 Å². The topological polar surface area (TPSA) is 26.0 Å². The Kier molecular flexibility index (Phi) is 3.57. The van der Waals surface area contributed by atoms with Crippen molar-refractivity contribution in [1.29, 1.82) is 0 Å². The Morgan fingerprint density at radius 3 is 2.82 bits per heavy atom. The van der Waals surface area contributed by atoms with E-state index in [0.717, 1.165) is 6.54 Å². The molecule has 22 heavy (non-hydrogen) atoms. The van der Waals surface area contributed by atoms with E-state index in [1.807, 2.05) is 0 Å². The third-order valence-electron chi connectivity index (χ3n) is 5.49. The fraction of sp³-hybridized carbons (Fsp3) is 0.611. The molecule has 0 radical (unpaired) electrons. The summed E-state index contributed by atoms with van der Waals surface area (Å²) in [5.41, 5.74) is 4.26. The first kappa shape index (κ1) is 14.1. The van der Waals surface area contributed by atoms with Crippen molar-refractivity contribution in [1.82, 2.24) is 19.0 Å². The summed E-state index contributed by atoms with van der Waals surface area (Å²) in [6, 6.07) is 4.86. The average Bonchev–Trinajstić information content (AvgIpc) is 3.21. The Morgan fingerprint density at radius 2 is 2.05 bits per heavy atom. The Hall–Kier alpha value is -1.55. The average molecular weight is 298 g/mol. The lowest BCUT2D eigenvalue weighted by Gasteiger charge is -2.24. The fourth-order valence-electron chi connectivity index (χ4n) is 4.18. The molecule has 2 aliphatic rings. The molecule has 4 nitrogen and oxygen atoms in total. The van der Waals surface area contributed by atoms with E-state index in [4.69, 9.17) is 4.98 Å². The van der Waals surface area contributed by atoms with Crippen LogP contribution in [0.15, 0.2) is 18.3 Å². The maximum Gasteiger partial charge on any atom is 0.126 e. The number of imidazole rings is 1. The first-order chi connectivity index (χ1) is 10.7. The quantitative estimate of drug-likeness (QED) is 0.870. The monoisotopic (exact) mass is 298 g/mol. The maximum absolute atomic E-state index is 5.05. The van der Waals surface area contributed by atoms with Gasteiger partial charge in [-0.3, -0.25) is 4.90 Å². The highest BCUT2D eigenvalue weighted by Crippen LogP contribution is 2.34. The molecule has 0 N–H and O–H groups in total. The summed E-state index contributed by atoms with van der Waals surface area (Å²) in [4.78, 5) is 7.66. The zero-order chi connectivity index (χ0) is 15.1. The molecular weight excluding hydrogens is 272 g/mol. The molecular formula is C18H26N4. The zero-order valence-corrected chi connectivity index (χ0v) is 13.8. The molecule has 4 rings (SSSR count). The molecule has 2 aromatic rings. The summed E-state index contributed by atoms with van der Waals surface area (Å²) < 4.78 is 4.64. The molecule has 1 saturated heterocycles. The summed E-state index contributed by atoms with van der Waals surface area (Å²) in [6.07, 6.45) is 9.68. The number of fused-ring (bicyclic) bond motifs is 1. The van der Waals surface area contributed by atoms with Crippen LogP contribution < -0.4 is 0 Å². The van der Waals surface area contributed by atoms with Crippen LogP contribution in [0.5, 0.6) is 0 Å². The highest BCUT2D eigenvalue weighted by Gasteiger charge is 2.31. The molecule has 3 heterocycles. The predicted molar refractivity (Wildman–Crippen MR) is 87.6 cm³/mol. The van der Waals surface area contributed by atoms with Gasteiger partial charge in [0.05, 0.1) is 11.7 Å². The molecule has 0 amide bonds. The van der Waals surface area contributed by atoms with Crippen molar-refractivity contribution in [2.24, 2.45) is 14.1 Å². The number of hydrogen-bond acceptors (Lipinski definition) is 2. The summed E-state index contributed by atoms with van der Waals surface area (Å²) in [6.45, 7) is 2.22. The highest BCUT2D eigenvalue weighted by molar-refractivity contribution is 5.22. The summed E-state index contributed by atoms with van der Waals surface area (Å²) in [5, 5.41) is 0. The highest BCUT2D eigenvalue weighted by atomic mass is 15.2. The number of likely N-dealkylation sites (tertiary alicyclic amines) is 1. The van der Waals surface area contributed by atoms with Crippen molar-refractivity contribution in [3.63, 3.8) is 0 Å². The molecule has 2 aromatic heterocycles.